The summed E-state index contributed by atoms with van der Waals surface area (Å²) < 4.78 is 0. The van der Waals surface area contributed by atoms with Crippen LogP contribution >= 0.6 is 0 Å². The number of benzene rings is 2. The average Bonchev–Trinajstić information content (AvgIpc) is 2.70. The predicted octanol–water partition coefficient (Wildman–Crippen LogP) is 6.11. The molecule has 0 aliphatic carbocycles. The second-order valence-corrected chi connectivity index (χ2v) is 6.17. The molecule has 138 valence electrons. The SMILES string of the molecule is Cc1ccnc(-c2ccccc2)c1.Cc1ccnc(-c2ccccc2)c1.[Ag+]. The maximum absolute atomic E-state index is 4.31. The Labute approximate surface area is 176 Å². The minimum atomic E-state index is 0. The summed E-state index contributed by atoms with van der Waals surface area (Å²) >= 11 is 0. The van der Waals surface area contributed by atoms with Crippen LogP contribution in [0.15, 0.2) is 97.3 Å². The Morgan fingerprint density at radius 2 is 0.889 bits per heavy atom. The molecular formula is C24H22AgN2+. The van der Waals surface area contributed by atoms with Gasteiger partial charge in [-0.2, -0.15) is 0 Å². The van der Waals surface area contributed by atoms with E-state index in [0.29, 0.717) is 0 Å². The first kappa shape index (κ1) is 20.8. The molecule has 27 heavy (non-hydrogen) atoms. The summed E-state index contributed by atoms with van der Waals surface area (Å²) in [7, 11) is 0. The van der Waals surface area contributed by atoms with E-state index >= 15 is 0 Å². The second-order valence-electron chi connectivity index (χ2n) is 6.17. The fraction of sp³-hybridized carbons (Fsp3) is 0.0833. The molecule has 0 amide bonds. The van der Waals surface area contributed by atoms with Gasteiger partial charge >= 0.3 is 22.4 Å². The molecule has 0 unspecified atom stereocenters. The molecule has 4 rings (SSSR count). The standard InChI is InChI=1S/2C12H11N.Ag/c2*1-10-7-8-13-12(9-10)11-5-3-2-4-6-11;/h2*2-9H,1H3;/q;;+1. The molecule has 0 atom stereocenters. The van der Waals surface area contributed by atoms with E-state index in [1.165, 1.54) is 22.3 Å². The van der Waals surface area contributed by atoms with E-state index in [2.05, 4.69) is 60.2 Å². The maximum Gasteiger partial charge on any atom is 1.00 e. The van der Waals surface area contributed by atoms with Crippen molar-refractivity contribution in [3.05, 3.63) is 108 Å². The third kappa shape index (κ3) is 6.30. The number of hydrogen-bond acceptors (Lipinski definition) is 2. The van der Waals surface area contributed by atoms with Gasteiger partial charge in [0, 0.05) is 23.5 Å². The van der Waals surface area contributed by atoms with E-state index < -0.39 is 0 Å². The zero-order valence-corrected chi connectivity index (χ0v) is 16.9. The van der Waals surface area contributed by atoms with Crippen LogP contribution in [0.1, 0.15) is 11.1 Å². The third-order valence-corrected chi connectivity index (χ3v) is 3.97. The summed E-state index contributed by atoms with van der Waals surface area (Å²) in [5.74, 6) is 0. The van der Waals surface area contributed by atoms with Crippen LogP contribution in [0, 0.1) is 13.8 Å². The van der Waals surface area contributed by atoms with Crippen molar-refractivity contribution in [2.45, 2.75) is 13.8 Å². The molecule has 0 bridgehead atoms. The summed E-state index contributed by atoms with van der Waals surface area (Å²) in [6.45, 7) is 4.16. The van der Waals surface area contributed by atoms with Crippen molar-refractivity contribution in [1.29, 1.82) is 0 Å². The number of rotatable bonds is 2. The molecule has 2 aromatic carbocycles. The van der Waals surface area contributed by atoms with Gasteiger partial charge in [0.25, 0.3) is 0 Å². The molecule has 0 aliphatic heterocycles. The smallest absolute Gasteiger partial charge is 0.256 e. The minimum Gasteiger partial charge on any atom is -0.256 e. The minimum absolute atomic E-state index is 0. The van der Waals surface area contributed by atoms with Gasteiger partial charge in [0.2, 0.25) is 0 Å². The molecule has 0 spiro atoms. The molecule has 0 radical (unpaired) electrons. The van der Waals surface area contributed by atoms with Gasteiger partial charge in [-0.25, -0.2) is 0 Å². The van der Waals surface area contributed by atoms with Crippen molar-refractivity contribution < 1.29 is 22.4 Å². The third-order valence-electron chi connectivity index (χ3n) is 3.97. The number of nitrogens with zero attached hydrogens (tertiary/aromatic N) is 2. The fourth-order valence-electron chi connectivity index (χ4n) is 2.61. The number of aryl methyl sites for hydroxylation is 2. The van der Waals surface area contributed by atoms with Crippen LogP contribution in [0.5, 0.6) is 0 Å². The summed E-state index contributed by atoms with van der Waals surface area (Å²) in [4.78, 5) is 8.62. The van der Waals surface area contributed by atoms with Crippen molar-refractivity contribution in [3.8, 4) is 22.5 Å². The zero-order valence-electron chi connectivity index (χ0n) is 15.4. The van der Waals surface area contributed by atoms with Gasteiger partial charge in [0.05, 0.1) is 11.4 Å². The number of aromatic nitrogens is 2. The molecule has 0 N–H and O–H groups in total. The van der Waals surface area contributed by atoms with E-state index in [9.17, 15) is 0 Å². The average molecular weight is 446 g/mol. The largest absolute Gasteiger partial charge is 1.00 e. The molecule has 2 aromatic heterocycles. The molecule has 0 aliphatic rings. The van der Waals surface area contributed by atoms with Gasteiger partial charge < -0.3 is 0 Å². The zero-order chi connectivity index (χ0) is 18.2. The number of hydrogen-bond donors (Lipinski definition) is 0. The van der Waals surface area contributed by atoms with Crippen molar-refractivity contribution in [3.63, 3.8) is 0 Å². The van der Waals surface area contributed by atoms with Gasteiger partial charge in [-0.1, -0.05) is 60.7 Å². The molecule has 0 saturated carbocycles. The van der Waals surface area contributed by atoms with Crippen molar-refractivity contribution >= 4 is 0 Å². The van der Waals surface area contributed by atoms with Crippen molar-refractivity contribution in [1.82, 2.24) is 9.97 Å². The quantitative estimate of drug-likeness (QED) is 0.347. The first-order valence-electron chi connectivity index (χ1n) is 8.68. The molecule has 2 nitrogen and oxygen atoms in total. The van der Waals surface area contributed by atoms with Crippen LogP contribution in [0.3, 0.4) is 0 Å². The fourth-order valence-corrected chi connectivity index (χ4v) is 2.61. The monoisotopic (exact) mass is 445 g/mol. The summed E-state index contributed by atoms with van der Waals surface area (Å²) in [6, 6.07) is 28.6. The predicted molar refractivity (Wildman–Crippen MR) is 109 cm³/mol. The summed E-state index contributed by atoms with van der Waals surface area (Å²) in [5.41, 5.74) is 6.92. The van der Waals surface area contributed by atoms with Crippen LogP contribution in [0.25, 0.3) is 22.5 Å². The van der Waals surface area contributed by atoms with Gasteiger partial charge in [0.1, 0.15) is 0 Å². The maximum atomic E-state index is 4.31. The number of pyridine rings is 2. The van der Waals surface area contributed by atoms with Crippen molar-refractivity contribution in [2.24, 2.45) is 0 Å². The van der Waals surface area contributed by atoms with Gasteiger partial charge in [-0.05, 0) is 49.2 Å². The normalized spacial score (nSPS) is 9.56. The molecule has 4 aromatic rings. The van der Waals surface area contributed by atoms with E-state index in [0.717, 1.165) is 11.4 Å². The molecule has 2 heterocycles. The Balaban J connectivity index is 0.000000187. The topological polar surface area (TPSA) is 25.8 Å². The van der Waals surface area contributed by atoms with Crippen LogP contribution in [0.2, 0.25) is 0 Å². The van der Waals surface area contributed by atoms with Crippen LogP contribution in [-0.4, -0.2) is 9.97 Å². The first-order valence-corrected chi connectivity index (χ1v) is 8.68. The van der Waals surface area contributed by atoms with Crippen LogP contribution in [0.4, 0.5) is 0 Å². The van der Waals surface area contributed by atoms with E-state index in [1.54, 1.807) is 0 Å². The van der Waals surface area contributed by atoms with Crippen LogP contribution in [-0.2, 0) is 22.4 Å². The first-order chi connectivity index (χ1) is 12.7. The molecule has 0 saturated heterocycles. The van der Waals surface area contributed by atoms with Crippen LogP contribution < -0.4 is 0 Å². The summed E-state index contributed by atoms with van der Waals surface area (Å²) in [6.07, 6.45) is 3.69. The van der Waals surface area contributed by atoms with E-state index in [4.69, 9.17) is 0 Å². The molecule has 3 heteroatoms. The van der Waals surface area contributed by atoms with Gasteiger partial charge in [-0.15, -0.1) is 0 Å². The van der Waals surface area contributed by atoms with E-state index in [-0.39, 0.29) is 22.4 Å². The van der Waals surface area contributed by atoms with Gasteiger partial charge in [-0.3, -0.25) is 9.97 Å². The second kappa shape index (κ2) is 10.6. The Hall–Kier alpha value is -2.52. The Kier molecular flexibility index (Phi) is 8.15. The van der Waals surface area contributed by atoms with Crippen molar-refractivity contribution in [2.75, 3.05) is 0 Å². The Morgan fingerprint density at radius 3 is 1.22 bits per heavy atom. The Morgan fingerprint density at radius 1 is 0.519 bits per heavy atom. The van der Waals surface area contributed by atoms with E-state index in [1.807, 2.05) is 60.9 Å². The van der Waals surface area contributed by atoms with Gasteiger partial charge in [0.15, 0.2) is 0 Å². The summed E-state index contributed by atoms with van der Waals surface area (Å²) in [5, 5.41) is 0. The molecular weight excluding hydrogens is 424 g/mol. The Bertz CT molecular complexity index is 873. The molecule has 0 fully saturated rings.